The highest BCUT2D eigenvalue weighted by atomic mass is 19.1. The summed E-state index contributed by atoms with van der Waals surface area (Å²) < 4.78 is 26.0. The number of fused-ring (bicyclic) bond motifs is 1. The summed E-state index contributed by atoms with van der Waals surface area (Å²) in [5.74, 6) is 0.292. The van der Waals surface area contributed by atoms with E-state index in [4.69, 9.17) is 9.15 Å². The van der Waals surface area contributed by atoms with Crippen LogP contribution in [0.1, 0.15) is 17.0 Å². The van der Waals surface area contributed by atoms with Gasteiger partial charge in [-0.2, -0.15) is 10.1 Å². The molecule has 0 bridgehead atoms. The van der Waals surface area contributed by atoms with Crippen molar-refractivity contribution in [1.29, 1.82) is 0 Å². The first-order valence-electron chi connectivity index (χ1n) is 9.06. The molecule has 0 saturated carbocycles. The number of aromatic nitrogens is 3. The molecule has 0 spiro atoms. The standard InChI is InChI=1S/C21H19FN4O3/c1-13-9-19(29-12-18(27)23-11-17-7-4-8-28-17)24-21-20(13)14(2)25-26(21)16-6-3-5-15(22)10-16/h3-10H,11-12H2,1-2H3,(H,23,27). The maximum Gasteiger partial charge on any atom is 0.258 e. The fourth-order valence-electron chi connectivity index (χ4n) is 3.13. The van der Waals surface area contributed by atoms with Crippen molar-refractivity contribution in [1.82, 2.24) is 20.1 Å². The number of furan rings is 1. The molecule has 0 aliphatic carbocycles. The Kier molecular flexibility index (Phi) is 4.99. The molecule has 1 N–H and O–H groups in total. The lowest BCUT2D eigenvalue weighted by atomic mass is 10.2. The second kappa shape index (κ2) is 7.75. The van der Waals surface area contributed by atoms with E-state index < -0.39 is 0 Å². The Morgan fingerprint density at radius 2 is 2.10 bits per heavy atom. The molecule has 3 heterocycles. The molecule has 0 saturated heterocycles. The van der Waals surface area contributed by atoms with Gasteiger partial charge in [-0.15, -0.1) is 0 Å². The third-order valence-electron chi connectivity index (χ3n) is 4.43. The Morgan fingerprint density at radius 1 is 1.24 bits per heavy atom. The van der Waals surface area contributed by atoms with Crippen molar-refractivity contribution in [3.63, 3.8) is 0 Å². The summed E-state index contributed by atoms with van der Waals surface area (Å²) in [4.78, 5) is 16.5. The van der Waals surface area contributed by atoms with Crippen LogP contribution < -0.4 is 10.1 Å². The highest BCUT2D eigenvalue weighted by Gasteiger charge is 2.16. The van der Waals surface area contributed by atoms with E-state index in [-0.39, 0.29) is 24.9 Å². The fourth-order valence-corrected chi connectivity index (χ4v) is 3.13. The molecule has 0 radical (unpaired) electrons. The first kappa shape index (κ1) is 18.7. The zero-order chi connectivity index (χ0) is 20.4. The topological polar surface area (TPSA) is 82.2 Å². The molecule has 1 amide bonds. The molecule has 0 aliphatic heterocycles. The fraction of sp³-hybridized carbons (Fsp3) is 0.190. The van der Waals surface area contributed by atoms with Crippen LogP contribution in [0.5, 0.6) is 5.88 Å². The number of nitrogens with zero attached hydrogens (tertiary/aromatic N) is 3. The van der Waals surface area contributed by atoms with E-state index in [9.17, 15) is 9.18 Å². The van der Waals surface area contributed by atoms with Gasteiger partial charge in [-0.1, -0.05) is 6.07 Å². The lowest BCUT2D eigenvalue weighted by molar-refractivity contribution is -0.123. The number of carbonyl (C=O) groups excluding carboxylic acids is 1. The second-order valence-corrected chi connectivity index (χ2v) is 6.60. The summed E-state index contributed by atoms with van der Waals surface area (Å²) in [5, 5.41) is 8.07. The smallest absolute Gasteiger partial charge is 0.258 e. The zero-order valence-electron chi connectivity index (χ0n) is 16.0. The number of aryl methyl sites for hydroxylation is 2. The number of carbonyl (C=O) groups is 1. The Morgan fingerprint density at radius 3 is 2.86 bits per heavy atom. The highest BCUT2D eigenvalue weighted by Crippen LogP contribution is 2.26. The number of ether oxygens (including phenoxy) is 1. The molecule has 148 valence electrons. The molecular weight excluding hydrogens is 375 g/mol. The summed E-state index contributed by atoms with van der Waals surface area (Å²) >= 11 is 0. The van der Waals surface area contributed by atoms with Crippen molar-refractivity contribution in [2.45, 2.75) is 20.4 Å². The van der Waals surface area contributed by atoms with Gasteiger partial charge in [0.15, 0.2) is 12.3 Å². The molecule has 29 heavy (non-hydrogen) atoms. The van der Waals surface area contributed by atoms with Crippen LogP contribution in [0.25, 0.3) is 16.7 Å². The summed E-state index contributed by atoms with van der Waals surface area (Å²) in [6.07, 6.45) is 1.55. The van der Waals surface area contributed by atoms with Gasteiger partial charge < -0.3 is 14.5 Å². The molecule has 0 atom stereocenters. The van der Waals surface area contributed by atoms with Gasteiger partial charge >= 0.3 is 0 Å². The van der Waals surface area contributed by atoms with Gasteiger partial charge in [0.25, 0.3) is 5.91 Å². The molecule has 4 aromatic rings. The van der Waals surface area contributed by atoms with Crippen LogP contribution in [0.4, 0.5) is 4.39 Å². The van der Waals surface area contributed by atoms with Crippen molar-refractivity contribution in [2.24, 2.45) is 0 Å². The van der Waals surface area contributed by atoms with E-state index in [0.717, 1.165) is 16.6 Å². The third kappa shape index (κ3) is 3.96. The van der Waals surface area contributed by atoms with E-state index in [2.05, 4.69) is 15.4 Å². The minimum absolute atomic E-state index is 0.189. The minimum Gasteiger partial charge on any atom is -0.468 e. The Labute approximate surface area is 166 Å². The summed E-state index contributed by atoms with van der Waals surface area (Å²) in [5.41, 5.74) is 2.78. The average molecular weight is 394 g/mol. The monoisotopic (exact) mass is 394 g/mol. The van der Waals surface area contributed by atoms with Crippen molar-refractivity contribution in [2.75, 3.05) is 6.61 Å². The lowest BCUT2D eigenvalue weighted by Crippen LogP contribution is -2.28. The number of nitrogens with one attached hydrogen (secondary N) is 1. The van der Waals surface area contributed by atoms with Gasteiger partial charge in [0, 0.05) is 11.5 Å². The van der Waals surface area contributed by atoms with Crippen molar-refractivity contribution in [3.05, 3.63) is 71.6 Å². The third-order valence-corrected chi connectivity index (χ3v) is 4.43. The van der Waals surface area contributed by atoms with Gasteiger partial charge in [-0.05, 0) is 49.7 Å². The number of halogens is 1. The molecule has 7 nitrogen and oxygen atoms in total. The predicted octanol–water partition coefficient (Wildman–Crippen LogP) is 3.46. The predicted molar refractivity (Wildman–Crippen MR) is 104 cm³/mol. The number of hydrogen-bond donors (Lipinski definition) is 1. The number of pyridine rings is 1. The largest absolute Gasteiger partial charge is 0.468 e. The van der Waals surface area contributed by atoms with Crippen molar-refractivity contribution in [3.8, 4) is 11.6 Å². The van der Waals surface area contributed by atoms with E-state index in [0.29, 0.717) is 23.0 Å². The quantitative estimate of drug-likeness (QED) is 0.542. The first-order valence-corrected chi connectivity index (χ1v) is 9.06. The molecule has 3 aromatic heterocycles. The van der Waals surface area contributed by atoms with E-state index in [1.54, 1.807) is 41.3 Å². The van der Waals surface area contributed by atoms with Crippen LogP contribution in [-0.4, -0.2) is 27.3 Å². The van der Waals surface area contributed by atoms with Crippen LogP contribution in [-0.2, 0) is 11.3 Å². The summed E-state index contributed by atoms with van der Waals surface area (Å²) in [7, 11) is 0. The van der Waals surface area contributed by atoms with E-state index in [1.165, 1.54) is 12.1 Å². The van der Waals surface area contributed by atoms with Crippen LogP contribution >= 0.6 is 0 Å². The van der Waals surface area contributed by atoms with Crippen LogP contribution in [0.15, 0.2) is 53.1 Å². The van der Waals surface area contributed by atoms with Crippen molar-refractivity contribution < 1.29 is 18.3 Å². The number of amides is 1. The van der Waals surface area contributed by atoms with Gasteiger partial charge in [0.05, 0.1) is 24.2 Å². The first-order chi connectivity index (χ1) is 14.0. The molecule has 0 aliphatic rings. The van der Waals surface area contributed by atoms with E-state index in [1.807, 2.05) is 13.8 Å². The maximum absolute atomic E-state index is 13.7. The molecule has 1 aromatic carbocycles. The van der Waals surface area contributed by atoms with Crippen molar-refractivity contribution >= 4 is 16.9 Å². The van der Waals surface area contributed by atoms with Gasteiger partial charge in [0.1, 0.15) is 11.6 Å². The maximum atomic E-state index is 13.7. The lowest BCUT2D eigenvalue weighted by Gasteiger charge is -2.09. The Hall–Kier alpha value is -3.68. The molecule has 4 rings (SSSR count). The van der Waals surface area contributed by atoms with Crippen LogP contribution in [0.3, 0.4) is 0 Å². The van der Waals surface area contributed by atoms with Crippen LogP contribution in [0, 0.1) is 19.7 Å². The minimum atomic E-state index is -0.360. The van der Waals surface area contributed by atoms with Gasteiger partial charge in [-0.3, -0.25) is 4.79 Å². The molecule has 0 unspecified atom stereocenters. The normalized spacial score (nSPS) is 11.0. The molecule has 0 fully saturated rings. The SMILES string of the molecule is Cc1cc(OCC(=O)NCc2ccco2)nc2c1c(C)nn2-c1cccc(F)c1. The second-order valence-electron chi connectivity index (χ2n) is 6.60. The number of hydrogen-bond acceptors (Lipinski definition) is 5. The number of rotatable bonds is 6. The van der Waals surface area contributed by atoms with E-state index >= 15 is 0 Å². The van der Waals surface area contributed by atoms with Gasteiger partial charge in [-0.25, -0.2) is 9.07 Å². The average Bonchev–Trinajstić information content (AvgIpc) is 3.33. The summed E-state index contributed by atoms with van der Waals surface area (Å²) in [6.45, 7) is 3.88. The zero-order valence-corrected chi connectivity index (χ0v) is 16.0. The number of benzene rings is 1. The molecular formula is C21H19FN4O3. The van der Waals surface area contributed by atoms with Gasteiger partial charge in [0.2, 0.25) is 5.88 Å². The Bertz CT molecular complexity index is 1170. The summed E-state index contributed by atoms with van der Waals surface area (Å²) in [6, 6.07) is 11.4. The molecule has 8 heteroatoms. The highest BCUT2D eigenvalue weighted by molar-refractivity contribution is 5.84. The van der Waals surface area contributed by atoms with Crippen LogP contribution in [0.2, 0.25) is 0 Å². The Balaban J connectivity index is 1.56.